The second-order valence-electron chi connectivity index (χ2n) is 6.69. The van der Waals surface area contributed by atoms with Gasteiger partial charge in [0.05, 0.1) is 12.7 Å². The highest BCUT2D eigenvalue weighted by Gasteiger charge is 2.15. The lowest BCUT2D eigenvalue weighted by atomic mass is 9.97. The number of phenols is 1. The molecule has 0 radical (unpaired) electrons. The molecule has 0 bridgehead atoms. The lowest BCUT2D eigenvalue weighted by Crippen LogP contribution is -2.19. The van der Waals surface area contributed by atoms with Crippen molar-refractivity contribution >= 4 is 6.08 Å². The van der Waals surface area contributed by atoms with Crippen molar-refractivity contribution < 1.29 is 14.9 Å². The van der Waals surface area contributed by atoms with Gasteiger partial charge in [0.1, 0.15) is 11.5 Å². The molecule has 1 unspecified atom stereocenters. The summed E-state index contributed by atoms with van der Waals surface area (Å²) in [7, 11) is 1.58. The third-order valence-corrected chi connectivity index (χ3v) is 3.83. The number of phenolic OH excluding ortho intramolecular Hbond substituents is 1. The fourth-order valence-electron chi connectivity index (χ4n) is 2.20. The predicted molar refractivity (Wildman–Crippen MR) is 101 cm³/mol. The fourth-order valence-corrected chi connectivity index (χ4v) is 2.20. The topological polar surface area (TPSA) is 49.7 Å². The molecule has 0 aliphatic heterocycles. The zero-order valence-electron chi connectivity index (χ0n) is 15.5. The molecule has 2 N–H and O–H groups in total. The summed E-state index contributed by atoms with van der Waals surface area (Å²) in [5, 5.41) is 20.4. The van der Waals surface area contributed by atoms with Gasteiger partial charge in [0.15, 0.2) is 0 Å². The Morgan fingerprint density at radius 3 is 2.54 bits per heavy atom. The van der Waals surface area contributed by atoms with Crippen LogP contribution >= 0.6 is 0 Å². The molecule has 0 saturated heterocycles. The van der Waals surface area contributed by atoms with E-state index < -0.39 is 5.60 Å². The molecule has 0 aliphatic carbocycles. The lowest BCUT2D eigenvalue weighted by molar-refractivity contribution is 0.104. The number of hydrogen-bond acceptors (Lipinski definition) is 3. The summed E-state index contributed by atoms with van der Waals surface area (Å²) in [4.78, 5) is 0. The second kappa shape index (κ2) is 9.33. The molecule has 3 heteroatoms. The van der Waals surface area contributed by atoms with Gasteiger partial charge in [-0.1, -0.05) is 35.5 Å². The van der Waals surface area contributed by atoms with Crippen LogP contribution in [0.3, 0.4) is 0 Å². The van der Waals surface area contributed by atoms with Gasteiger partial charge in [-0.05, 0) is 65.2 Å². The van der Waals surface area contributed by atoms with Crippen molar-refractivity contribution in [1.82, 2.24) is 0 Å². The summed E-state index contributed by atoms with van der Waals surface area (Å²) in [5.74, 6) is 0.838. The van der Waals surface area contributed by atoms with Crippen molar-refractivity contribution in [2.24, 2.45) is 0 Å². The SMILES string of the molecule is COc1ccc(O)c(/C=C/C(C)(O)CC/C=C(\C)CC=C(C)C)c1. The number of hydrogen-bond donors (Lipinski definition) is 2. The van der Waals surface area contributed by atoms with Crippen LogP contribution in [-0.2, 0) is 0 Å². The molecule has 1 aromatic carbocycles. The maximum absolute atomic E-state index is 10.5. The van der Waals surface area contributed by atoms with E-state index >= 15 is 0 Å². The lowest BCUT2D eigenvalue weighted by Gasteiger charge is -2.18. The Hall–Kier alpha value is -2.00. The van der Waals surface area contributed by atoms with Crippen molar-refractivity contribution in [2.45, 2.75) is 52.6 Å². The number of rotatable bonds is 8. The summed E-state index contributed by atoms with van der Waals surface area (Å²) in [6.07, 6.45) is 10.2. The van der Waals surface area contributed by atoms with Crippen molar-refractivity contribution in [3.63, 3.8) is 0 Å². The second-order valence-corrected chi connectivity index (χ2v) is 6.69. The van der Waals surface area contributed by atoms with Crippen LogP contribution < -0.4 is 4.74 Å². The van der Waals surface area contributed by atoms with Crippen LogP contribution in [0.15, 0.2) is 47.6 Å². The monoisotopic (exact) mass is 330 g/mol. The van der Waals surface area contributed by atoms with Crippen molar-refractivity contribution in [1.29, 1.82) is 0 Å². The maximum atomic E-state index is 10.5. The average Bonchev–Trinajstić information content (AvgIpc) is 2.52. The number of ether oxygens (including phenoxy) is 1. The normalized spacial score (nSPS) is 14.5. The molecule has 0 aromatic heterocycles. The molecule has 0 saturated carbocycles. The number of methoxy groups -OCH3 is 1. The van der Waals surface area contributed by atoms with E-state index in [-0.39, 0.29) is 5.75 Å². The zero-order chi connectivity index (χ0) is 18.2. The molecule has 1 atom stereocenters. The number of aliphatic hydroxyl groups is 1. The summed E-state index contributed by atoms with van der Waals surface area (Å²) in [6.45, 7) is 8.08. The van der Waals surface area contributed by atoms with Crippen molar-refractivity contribution in [2.75, 3.05) is 7.11 Å². The maximum Gasteiger partial charge on any atom is 0.123 e. The summed E-state index contributed by atoms with van der Waals surface area (Å²) < 4.78 is 5.15. The molecule has 3 nitrogen and oxygen atoms in total. The molecule has 0 amide bonds. The van der Waals surface area contributed by atoms with E-state index in [9.17, 15) is 10.2 Å². The number of aromatic hydroxyl groups is 1. The summed E-state index contributed by atoms with van der Waals surface area (Å²) in [5.41, 5.74) is 2.32. The Bertz CT molecular complexity index is 618. The van der Waals surface area contributed by atoms with Gasteiger partial charge in [-0.15, -0.1) is 0 Å². The Kier molecular flexibility index (Phi) is 7.80. The zero-order valence-corrected chi connectivity index (χ0v) is 15.5. The molecule has 0 heterocycles. The standard InChI is InChI=1S/C21H30O3/c1-16(2)8-9-17(3)7-6-13-21(4,23)14-12-18-15-19(24-5)10-11-20(18)22/h7-8,10-12,14-15,22-23H,6,9,13H2,1-5H3/b14-12+,17-7+. The van der Waals surface area contributed by atoms with Gasteiger partial charge in [0, 0.05) is 5.56 Å². The minimum Gasteiger partial charge on any atom is -0.507 e. The minimum absolute atomic E-state index is 0.167. The third-order valence-electron chi connectivity index (χ3n) is 3.83. The van der Waals surface area contributed by atoms with Gasteiger partial charge in [0.25, 0.3) is 0 Å². The Labute approximate surface area is 146 Å². The highest BCUT2D eigenvalue weighted by atomic mass is 16.5. The van der Waals surface area contributed by atoms with Crippen LogP contribution in [0, 0.1) is 0 Å². The first-order valence-corrected chi connectivity index (χ1v) is 8.31. The van der Waals surface area contributed by atoms with E-state index in [0.29, 0.717) is 17.7 Å². The third kappa shape index (κ3) is 7.51. The number of benzene rings is 1. The average molecular weight is 330 g/mol. The Balaban J connectivity index is 2.66. The molecule has 0 aliphatic rings. The minimum atomic E-state index is -0.928. The summed E-state index contributed by atoms with van der Waals surface area (Å²) >= 11 is 0. The molecular formula is C21H30O3. The first kappa shape index (κ1) is 20.0. The van der Waals surface area contributed by atoms with E-state index in [1.54, 1.807) is 44.4 Å². The van der Waals surface area contributed by atoms with Crippen LogP contribution in [0.1, 0.15) is 52.5 Å². The van der Waals surface area contributed by atoms with E-state index in [1.165, 1.54) is 11.1 Å². The van der Waals surface area contributed by atoms with Gasteiger partial charge in [-0.3, -0.25) is 0 Å². The highest BCUT2D eigenvalue weighted by molar-refractivity contribution is 5.59. The fraction of sp³-hybridized carbons (Fsp3) is 0.429. The van der Waals surface area contributed by atoms with E-state index in [4.69, 9.17) is 4.74 Å². The highest BCUT2D eigenvalue weighted by Crippen LogP contribution is 2.26. The van der Waals surface area contributed by atoms with Gasteiger partial charge in [-0.25, -0.2) is 0 Å². The predicted octanol–water partition coefficient (Wildman–Crippen LogP) is 5.25. The smallest absolute Gasteiger partial charge is 0.123 e. The van der Waals surface area contributed by atoms with E-state index in [1.807, 2.05) is 0 Å². The Morgan fingerprint density at radius 2 is 1.92 bits per heavy atom. The summed E-state index contributed by atoms with van der Waals surface area (Å²) in [6, 6.07) is 5.03. The van der Waals surface area contributed by atoms with Crippen LogP contribution in [-0.4, -0.2) is 22.9 Å². The van der Waals surface area contributed by atoms with E-state index in [0.717, 1.165) is 12.8 Å². The van der Waals surface area contributed by atoms with Gasteiger partial charge in [-0.2, -0.15) is 0 Å². The van der Waals surface area contributed by atoms with Crippen LogP contribution in [0.25, 0.3) is 6.08 Å². The number of allylic oxidation sites excluding steroid dienone is 4. The molecule has 24 heavy (non-hydrogen) atoms. The molecule has 1 rings (SSSR count). The molecular weight excluding hydrogens is 300 g/mol. The van der Waals surface area contributed by atoms with Crippen LogP contribution in [0.5, 0.6) is 11.5 Å². The molecule has 0 fully saturated rings. The molecule has 1 aromatic rings. The van der Waals surface area contributed by atoms with Crippen LogP contribution in [0.4, 0.5) is 0 Å². The van der Waals surface area contributed by atoms with Gasteiger partial charge in [0.2, 0.25) is 0 Å². The van der Waals surface area contributed by atoms with Crippen LogP contribution in [0.2, 0.25) is 0 Å². The first-order valence-electron chi connectivity index (χ1n) is 8.31. The molecule has 0 spiro atoms. The van der Waals surface area contributed by atoms with Gasteiger partial charge >= 0.3 is 0 Å². The van der Waals surface area contributed by atoms with Crippen molar-refractivity contribution in [3.8, 4) is 11.5 Å². The largest absolute Gasteiger partial charge is 0.507 e. The molecule has 132 valence electrons. The quantitative estimate of drug-likeness (QED) is 0.640. The first-order chi connectivity index (χ1) is 11.2. The van der Waals surface area contributed by atoms with E-state index in [2.05, 4.69) is 32.9 Å². The van der Waals surface area contributed by atoms with Crippen molar-refractivity contribution in [3.05, 3.63) is 53.1 Å². The van der Waals surface area contributed by atoms with Gasteiger partial charge < -0.3 is 14.9 Å². The Morgan fingerprint density at radius 1 is 1.21 bits per heavy atom.